The number of ether oxygens (including phenoxy) is 2. The Kier molecular flexibility index (Phi) is 8.85. The summed E-state index contributed by atoms with van der Waals surface area (Å²) >= 11 is 0. The van der Waals surface area contributed by atoms with Crippen LogP contribution >= 0.6 is 0 Å². The molecule has 224 valence electrons. The summed E-state index contributed by atoms with van der Waals surface area (Å²) in [6.45, 7) is 0.543. The number of methoxy groups -OCH3 is 2. The van der Waals surface area contributed by atoms with Crippen molar-refractivity contribution in [3.05, 3.63) is 144 Å². The van der Waals surface area contributed by atoms with E-state index in [1.54, 1.807) is 74.9 Å². The molecule has 0 aliphatic heterocycles. The first kappa shape index (κ1) is 29.8. The fourth-order valence-electron chi connectivity index (χ4n) is 4.97. The first-order valence-corrected chi connectivity index (χ1v) is 13.8. The van der Waals surface area contributed by atoms with Gasteiger partial charge in [0.05, 0.1) is 43.1 Å². The highest BCUT2D eigenvalue weighted by atomic mass is 16.6. The van der Waals surface area contributed by atoms with Gasteiger partial charge in [-0.05, 0) is 59.5 Å². The molecule has 1 heterocycles. The van der Waals surface area contributed by atoms with E-state index in [0.29, 0.717) is 52.1 Å². The number of aromatic nitrogens is 2. The summed E-state index contributed by atoms with van der Waals surface area (Å²) in [6, 6.07) is 25.1. The second-order valence-electron chi connectivity index (χ2n) is 10.1. The molecule has 5 rings (SSSR count). The fraction of sp³-hybridized carbons (Fsp3) is 0.182. The van der Waals surface area contributed by atoms with Gasteiger partial charge in [-0.2, -0.15) is 0 Å². The summed E-state index contributed by atoms with van der Waals surface area (Å²) in [4.78, 5) is 50.3. The van der Waals surface area contributed by atoms with E-state index in [9.17, 15) is 24.5 Å². The number of nitro groups is 1. The van der Waals surface area contributed by atoms with Crippen LogP contribution in [0.4, 0.5) is 5.69 Å². The van der Waals surface area contributed by atoms with E-state index in [-0.39, 0.29) is 24.7 Å². The minimum absolute atomic E-state index is 0.00393. The Morgan fingerprint density at radius 3 is 2.07 bits per heavy atom. The summed E-state index contributed by atoms with van der Waals surface area (Å²) in [5.74, 6) is 1.01. The molecule has 0 bridgehead atoms. The van der Waals surface area contributed by atoms with Gasteiger partial charge in [0, 0.05) is 24.2 Å². The number of fused-ring (bicyclic) bond motifs is 1. The molecule has 5 aromatic rings. The van der Waals surface area contributed by atoms with Gasteiger partial charge in [-0.25, -0.2) is 4.79 Å². The maximum Gasteiger partial charge on any atom is 0.332 e. The lowest BCUT2D eigenvalue weighted by Crippen LogP contribution is -2.40. The van der Waals surface area contributed by atoms with Gasteiger partial charge in [0.1, 0.15) is 0 Å². The predicted molar refractivity (Wildman–Crippen MR) is 166 cm³/mol. The van der Waals surface area contributed by atoms with Crippen molar-refractivity contribution in [1.82, 2.24) is 14.5 Å². The molecule has 0 atom stereocenters. The second-order valence-corrected chi connectivity index (χ2v) is 10.1. The smallest absolute Gasteiger partial charge is 0.332 e. The average molecular weight is 595 g/mol. The maximum absolute atomic E-state index is 13.6. The van der Waals surface area contributed by atoms with Gasteiger partial charge in [-0.1, -0.05) is 42.5 Å². The van der Waals surface area contributed by atoms with E-state index in [1.165, 1.54) is 16.7 Å². The van der Waals surface area contributed by atoms with Crippen LogP contribution < -0.4 is 26.0 Å². The van der Waals surface area contributed by atoms with Gasteiger partial charge >= 0.3 is 5.69 Å². The van der Waals surface area contributed by atoms with Crippen molar-refractivity contribution in [3.8, 4) is 11.5 Å². The molecule has 1 N–H and O–H groups in total. The van der Waals surface area contributed by atoms with Crippen molar-refractivity contribution in [3.63, 3.8) is 0 Å². The monoisotopic (exact) mass is 594 g/mol. The summed E-state index contributed by atoms with van der Waals surface area (Å²) in [6.07, 6.45) is 0.598. The predicted octanol–water partition coefficient (Wildman–Crippen LogP) is 4.16. The van der Waals surface area contributed by atoms with Crippen LogP contribution in [0.25, 0.3) is 10.9 Å². The first-order valence-electron chi connectivity index (χ1n) is 13.8. The Hall–Kier alpha value is -5.71. The van der Waals surface area contributed by atoms with Crippen LogP contribution in [0, 0.1) is 10.1 Å². The Bertz CT molecular complexity index is 1950. The van der Waals surface area contributed by atoms with Crippen molar-refractivity contribution in [2.75, 3.05) is 20.8 Å². The van der Waals surface area contributed by atoms with Crippen LogP contribution in [0.15, 0.2) is 101 Å². The van der Waals surface area contributed by atoms with Gasteiger partial charge in [-0.3, -0.25) is 28.8 Å². The number of rotatable bonds is 11. The number of non-ortho nitro benzene ring substituents is 1. The summed E-state index contributed by atoms with van der Waals surface area (Å²) in [5, 5.41) is 14.3. The minimum Gasteiger partial charge on any atom is -0.493 e. The van der Waals surface area contributed by atoms with E-state index in [4.69, 9.17) is 9.47 Å². The van der Waals surface area contributed by atoms with E-state index >= 15 is 0 Å². The largest absolute Gasteiger partial charge is 0.493 e. The zero-order valence-corrected chi connectivity index (χ0v) is 24.2. The van der Waals surface area contributed by atoms with Crippen molar-refractivity contribution >= 4 is 22.5 Å². The standard InChI is InChI=1S/C33H30N4O7/c1-43-29-16-11-22(19-30(29)44-2)17-18-34-31(38)25-12-7-23(8-13-25)21-36-32(39)27-5-3-4-6-28(27)35(33(36)40)20-24-9-14-26(15-10-24)37(41)42/h3-16,19H,17-18,20-21H2,1-2H3,(H,34,38). The first-order chi connectivity index (χ1) is 21.3. The van der Waals surface area contributed by atoms with Crippen LogP contribution in [-0.4, -0.2) is 40.7 Å². The number of para-hydroxylation sites is 1. The lowest BCUT2D eigenvalue weighted by molar-refractivity contribution is -0.384. The maximum atomic E-state index is 13.6. The Morgan fingerprint density at radius 2 is 1.41 bits per heavy atom. The van der Waals surface area contributed by atoms with Crippen molar-refractivity contribution in [1.29, 1.82) is 0 Å². The molecule has 0 aliphatic rings. The van der Waals surface area contributed by atoms with Crippen LogP contribution in [0.3, 0.4) is 0 Å². The number of amides is 1. The molecule has 0 saturated heterocycles. The lowest BCUT2D eigenvalue weighted by atomic mass is 10.1. The van der Waals surface area contributed by atoms with Crippen molar-refractivity contribution in [2.45, 2.75) is 19.5 Å². The average Bonchev–Trinajstić information content (AvgIpc) is 3.05. The van der Waals surface area contributed by atoms with Crippen LogP contribution in [0.2, 0.25) is 0 Å². The third kappa shape index (κ3) is 6.36. The molecule has 11 heteroatoms. The zero-order chi connectivity index (χ0) is 31.2. The van der Waals surface area contributed by atoms with Gasteiger partial charge in [0.2, 0.25) is 0 Å². The van der Waals surface area contributed by atoms with E-state index in [1.807, 2.05) is 18.2 Å². The number of hydrogen-bond acceptors (Lipinski definition) is 7. The molecule has 44 heavy (non-hydrogen) atoms. The Labute approximate surface area is 252 Å². The molecule has 0 radical (unpaired) electrons. The summed E-state index contributed by atoms with van der Waals surface area (Å²) in [5.41, 5.74) is 2.26. The number of nitro benzene ring substituents is 1. The molecule has 0 saturated carbocycles. The zero-order valence-electron chi connectivity index (χ0n) is 24.2. The molecule has 0 spiro atoms. The van der Waals surface area contributed by atoms with Crippen LogP contribution in [0.1, 0.15) is 27.0 Å². The highest BCUT2D eigenvalue weighted by Crippen LogP contribution is 2.27. The second kappa shape index (κ2) is 13.1. The number of benzene rings is 4. The molecule has 0 unspecified atom stereocenters. The quantitative estimate of drug-likeness (QED) is 0.179. The lowest BCUT2D eigenvalue weighted by Gasteiger charge is -2.14. The van der Waals surface area contributed by atoms with Crippen LogP contribution in [-0.2, 0) is 19.5 Å². The van der Waals surface area contributed by atoms with Gasteiger partial charge < -0.3 is 14.8 Å². The number of carbonyl (C=O) groups is 1. The van der Waals surface area contributed by atoms with Gasteiger partial charge in [-0.15, -0.1) is 0 Å². The molecule has 0 aliphatic carbocycles. The fourth-order valence-corrected chi connectivity index (χ4v) is 4.97. The highest BCUT2D eigenvalue weighted by Gasteiger charge is 2.15. The molecule has 1 amide bonds. The number of nitrogens with zero attached hydrogens (tertiary/aromatic N) is 3. The summed E-state index contributed by atoms with van der Waals surface area (Å²) < 4.78 is 13.2. The minimum atomic E-state index is -0.510. The molecule has 1 aromatic heterocycles. The number of nitrogens with one attached hydrogen (secondary N) is 1. The van der Waals surface area contributed by atoms with E-state index < -0.39 is 16.2 Å². The molecule has 0 fully saturated rings. The third-order valence-corrected chi connectivity index (χ3v) is 7.32. The molecule has 4 aromatic carbocycles. The van der Waals surface area contributed by atoms with Gasteiger partial charge in [0.15, 0.2) is 11.5 Å². The molecular weight excluding hydrogens is 564 g/mol. The normalized spacial score (nSPS) is 10.9. The summed E-state index contributed by atoms with van der Waals surface area (Å²) in [7, 11) is 3.14. The van der Waals surface area contributed by atoms with Gasteiger partial charge in [0.25, 0.3) is 17.2 Å². The Morgan fingerprint density at radius 1 is 0.795 bits per heavy atom. The molecular formula is C33H30N4O7. The highest BCUT2D eigenvalue weighted by molar-refractivity contribution is 5.94. The number of carbonyl (C=O) groups excluding carboxylic acids is 1. The third-order valence-electron chi connectivity index (χ3n) is 7.32. The van der Waals surface area contributed by atoms with E-state index in [2.05, 4.69) is 5.32 Å². The van der Waals surface area contributed by atoms with Crippen molar-refractivity contribution in [2.24, 2.45) is 0 Å². The van der Waals surface area contributed by atoms with Crippen LogP contribution in [0.5, 0.6) is 11.5 Å². The Balaban J connectivity index is 1.32. The topological polar surface area (TPSA) is 135 Å². The van der Waals surface area contributed by atoms with Crippen molar-refractivity contribution < 1.29 is 19.2 Å². The molecule has 11 nitrogen and oxygen atoms in total. The van der Waals surface area contributed by atoms with E-state index in [0.717, 1.165) is 10.1 Å². The SMILES string of the molecule is COc1ccc(CCNC(=O)c2ccc(Cn3c(=O)c4ccccc4n(Cc4ccc([N+](=O)[O-])cc4)c3=O)cc2)cc1OC. The number of hydrogen-bond donors (Lipinski definition) is 1.